The molecule has 16 heavy (non-hydrogen) atoms. The monoisotopic (exact) mass is 241 g/mol. The van der Waals surface area contributed by atoms with Gasteiger partial charge in [0.2, 0.25) is 0 Å². The molecule has 3 rings (SSSR count). The van der Waals surface area contributed by atoms with E-state index in [-0.39, 0.29) is 11.9 Å². The number of piperidine rings is 1. The molecule has 3 aliphatic rings. The summed E-state index contributed by atoms with van der Waals surface area (Å²) in [6.45, 7) is 2.14. The second kappa shape index (κ2) is 4.33. The van der Waals surface area contributed by atoms with Gasteiger partial charge in [0, 0.05) is 24.7 Å². The average molecular weight is 241 g/mol. The maximum absolute atomic E-state index is 6.25. The van der Waals surface area contributed by atoms with Crippen LogP contribution >= 0.6 is 11.8 Å². The fraction of sp³-hybridized carbons (Fsp3) is 0.833. The van der Waals surface area contributed by atoms with Gasteiger partial charge in [-0.3, -0.25) is 0 Å². The Hall–Kier alpha value is -0.0300. The molecule has 1 spiro atoms. The van der Waals surface area contributed by atoms with Gasteiger partial charge in [0.25, 0.3) is 0 Å². The van der Waals surface area contributed by atoms with Gasteiger partial charge in [-0.15, -0.1) is 11.8 Å². The van der Waals surface area contributed by atoms with E-state index in [0.29, 0.717) is 11.2 Å². The van der Waals surface area contributed by atoms with Crippen molar-refractivity contribution >= 4 is 11.8 Å². The lowest BCUT2D eigenvalue weighted by atomic mass is 9.75. The second-order valence-corrected chi connectivity index (χ2v) is 6.01. The van der Waals surface area contributed by atoms with Crippen LogP contribution in [0.3, 0.4) is 0 Å². The number of fused-ring (bicyclic) bond motifs is 2. The van der Waals surface area contributed by atoms with E-state index >= 15 is 0 Å². The van der Waals surface area contributed by atoms with Crippen molar-refractivity contribution in [2.24, 2.45) is 5.92 Å². The van der Waals surface area contributed by atoms with E-state index in [2.05, 4.69) is 16.8 Å². The van der Waals surface area contributed by atoms with Crippen LogP contribution in [0.15, 0.2) is 11.5 Å². The molecular formula is C12H19NO2S. The van der Waals surface area contributed by atoms with Crippen LogP contribution in [0.4, 0.5) is 0 Å². The number of hydrogen-bond donors (Lipinski definition) is 1. The molecule has 1 N–H and O–H groups in total. The summed E-state index contributed by atoms with van der Waals surface area (Å²) in [5.74, 6) is 0.589. The summed E-state index contributed by atoms with van der Waals surface area (Å²) >= 11 is 1.95. The highest BCUT2D eigenvalue weighted by molar-refractivity contribution is 8.03. The summed E-state index contributed by atoms with van der Waals surface area (Å²) in [5, 5.41) is 6.33. The van der Waals surface area contributed by atoms with Crippen LogP contribution in [0.1, 0.15) is 19.3 Å². The number of rotatable bonds is 1. The third-order valence-corrected chi connectivity index (χ3v) is 5.20. The van der Waals surface area contributed by atoms with Gasteiger partial charge in [0.1, 0.15) is 0 Å². The number of thioether (sulfide) groups is 1. The summed E-state index contributed by atoms with van der Waals surface area (Å²) < 4.78 is 11.7. The molecule has 0 aliphatic carbocycles. The SMILES string of the molecule is COC1CC2SC=CC2C2(CCNCC2)O1. The quantitative estimate of drug-likeness (QED) is 0.757. The lowest BCUT2D eigenvalue weighted by Gasteiger charge is -2.49. The zero-order valence-electron chi connectivity index (χ0n) is 9.65. The highest BCUT2D eigenvalue weighted by atomic mass is 32.2. The van der Waals surface area contributed by atoms with Crippen molar-refractivity contribution in [3.05, 3.63) is 11.5 Å². The number of ether oxygens (including phenoxy) is 2. The molecule has 0 amide bonds. The van der Waals surface area contributed by atoms with Crippen molar-refractivity contribution < 1.29 is 9.47 Å². The van der Waals surface area contributed by atoms with Crippen molar-refractivity contribution in [1.29, 1.82) is 0 Å². The Labute approximate surface area is 101 Å². The third-order valence-electron chi connectivity index (χ3n) is 4.05. The standard InChI is InChI=1S/C12H19NO2S/c1-14-11-8-10-9(2-7-16-10)12(15-11)3-5-13-6-4-12/h2,7,9-11,13H,3-6,8H2,1H3. The molecule has 0 saturated carbocycles. The van der Waals surface area contributed by atoms with Crippen LogP contribution in [0, 0.1) is 5.92 Å². The Balaban J connectivity index is 1.84. The average Bonchev–Trinajstić information content (AvgIpc) is 2.79. The van der Waals surface area contributed by atoms with E-state index in [9.17, 15) is 0 Å². The largest absolute Gasteiger partial charge is 0.356 e. The maximum atomic E-state index is 6.25. The van der Waals surface area contributed by atoms with E-state index in [1.54, 1.807) is 7.11 Å². The summed E-state index contributed by atoms with van der Waals surface area (Å²) in [7, 11) is 1.76. The van der Waals surface area contributed by atoms with E-state index in [1.165, 1.54) is 0 Å². The van der Waals surface area contributed by atoms with E-state index in [1.807, 2.05) is 11.8 Å². The molecule has 90 valence electrons. The lowest BCUT2D eigenvalue weighted by molar-refractivity contribution is -0.245. The molecule has 0 aromatic heterocycles. The molecule has 2 fully saturated rings. The van der Waals surface area contributed by atoms with Crippen molar-refractivity contribution in [2.75, 3.05) is 20.2 Å². The van der Waals surface area contributed by atoms with Crippen molar-refractivity contribution in [3.63, 3.8) is 0 Å². The molecule has 3 nitrogen and oxygen atoms in total. The first kappa shape index (κ1) is 11.1. The molecule has 3 unspecified atom stereocenters. The fourth-order valence-electron chi connectivity index (χ4n) is 3.18. The van der Waals surface area contributed by atoms with E-state index in [0.717, 1.165) is 32.4 Å². The molecule has 0 aromatic rings. The van der Waals surface area contributed by atoms with Crippen LogP contribution in [0.2, 0.25) is 0 Å². The Morgan fingerprint density at radius 3 is 3.00 bits per heavy atom. The molecule has 2 saturated heterocycles. The third kappa shape index (κ3) is 1.72. The summed E-state index contributed by atoms with van der Waals surface area (Å²) in [6, 6.07) is 0. The molecule has 3 atom stereocenters. The number of nitrogens with one attached hydrogen (secondary N) is 1. The first-order chi connectivity index (χ1) is 7.84. The Morgan fingerprint density at radius 1 is 1.44 bits per heavy atom. The summed E-state index contributed by atoms with van der Waals surface area (Å²) in [6.07, 6.45) is 5.59. The van der Waals surface area contributed by atoms with Crippen molar-refractivity contribution in [2.45, 2.75) is 36.4 Å². The zero-order valence-corrected chi connectivity index (χ0v) is 10.5. The van der Waals surface area contributed by atoms with Gasteiger partial charge in [-0.05, 0) is 31.3 Å². The van der Waals surface area contributed by atoms with Crippen molar-refractivity contribution in [1.82, 2.24) is 5.32 Å². The molecule has 0 aromatic carbocycles. The summed E-state index contributed by atoms with van der Waals surface area (Å²) in [4.78, 5) is 0. The van der Waals surface area contributed by atoms with Gasteiger partial charge in [0.05, 0.1) is 5.60 Å². The Morgan fingerprint density at radius 2 is 2.25 bits per heavy atom. The highest BCUT2D eigenvalue weighted by Crippen LogP contribution is 2.49. The van der Waals surface area contributed by atoms with Crippen LogP contribution in [0.5, 0.6) is 0 Å². The van der Waals surface area contributed by atoms with E-state index in [4.69, 9.17) is 9.47 Å². The van der Waals surface area contributed by atoms with Crippen LogP contribution in [-0.4, -0.2) is 37.3 Å². The van der Waals surface area contributed by atoms with Crippen LogP contribution < -0.4 is 5.32 Å². The van der Waals surface area contributed by atoms with Gasteiger partial charge < -0.3 is 14.8 Å². The summed E-state index contributed by atoms with van der Waals surface area (Å²) in [5.41, 5.74) is 0.0366. The minimum absolute atomic E-state index is 0.00764. The van der Waals surface area contributed by atoms with Gasteiger partial charge >= 0.3 is 0 Å². The van der Waals surface area contributed by atoms with Gasteiger partial charge in [-0.1, -0.05) is 6.08 Å². The fourth-order valence-corrected chi connectivity index (χ4v) is 4.42. The van der Waals surface area contributed by atoms with Crippen LogP contribution in [0.25, 0.3) is 0 Å². The lowest BCUT2D eigenvalue weighted by Crippen LogP contribution is -2.56. The zero-order chi connectivity index (χ0) is 11.0. The Kier molecular flexibility index (Phi) is 3.00. The minimum Gasteiger partial charge on any atom is -0.356 e. The predicted molar refractivity (Wildman–Crippen MR) is 65.3 cm³/mol. The van der Waals surface area contributed by atoms with Crippen molar-refractivity contribution in [3.8, 4) is 0 Å². The van der Waals surface area contributed by atoms with Gasteiger partial charge in [0.15, 0.2) is 6.29 Å². The number of hydrogen-bond acceptors (Lipinski definition) is 4. The molecule has 3 heterocycles. The molecular weight excluding hydrogens is 222 g/mol. The number of methoxy groups -OCH3 is 1. The minimum atomic E-state index is -0.00764. The van der Waals surface area contributed by atoms with Gasteiger partial charge in [-0.25, -0.2) is 0 Å². The molecule has 4 heteroatoms. The molecule has 0 radical (unpaired) electrons. The van der Waals surface area contributed by atoms with Crippen LogP contribution in [-0.2, 0) is 9.47 Å². The first-order valence-electron chi connectivity index (χ1n) is 6.07. The normalized spacial score (nSPS) is 41.2. The molecule has 0 bridgehead atoms. The first-order valence-corrected chi connectivity index (χ1v) is 7.02. The topological polar surface area (TPSA) is 30.5 Å². The maximum Gasteiger partial charge on any atom is 0.159 e. The molecule has 3 aliphatic heterocycles. The highest BCUT2D eigenvalue weighted by Gasteiger charge is 2.50. The second-order valence-electron chi connectivity index (χ2n) is 4.86. The Bertz CT molecular complexity index is 289. The predicted octanol–water partition coefficient (Wildman–Crippen LogP) is 1.75. The smallest absolute Gasteiger partial charge is 0.159 e. The van der Waals surface area contributed by atoms with Gasteiger partial charge in [-0.2, -0.15) is 0 Å². The van der Waals surface area contributed by atoms with E-state index < -0.39 is 0 Å².